The van der Waals surface area contributed by atoms with E-state index in [0.717, 1.165) is 16.5 Å². The van der Waals surface area contributed by atoms with Crippen LogP contribution in [-0.2, 0) is 4.79 Å². The van der Waals surface area contributed by atoms with Gasteiger partial charge in [-0.3, -0.25) is 0 Å². The summed E-state index contributed by atoms with van der Waals surface area (Å²) in [5.74, 6) is -1.81. The number of benzene rings is 2. The number of carbonyl (C=O) groups is 2. The Labute approximate surface area is 179 Å². The molecule has 1 aliphatic heterocycles. The highest BCUT2D eigenvalue weighted by Gasteiger charge is 2.32. The van der Waals surface area contributed by atoms with E-state index in [4.69, 9.17) is 0 Å². The summed E-state index contributed by atoms with van der Waals surface area (Å²) >= 11 is 0. The van der Waals surface area contributed by atoms with Crippen LogP contribution in [0.3, 0.4) is 0 Å². The Morgan fingerprint density at radius 3 is 2.45 bits per heavy atom. The van der Waals surface area contributed by atoms with Gasteiger partial charge in [-0.15, -0.1) is 0 Å². The number of aromatic nitrogens is 1. The molecule has 0 aliphatic carbocycles. The van der Waals surface area contributed by atoms with Crippen LogP contribution in [0.25, 0.3) is 10.9 Å². The third-order valence-corrected chi connectivity index (χ3v) is 5.92. The van der Waals surface area contributed by atoms with Crippen molar-refractivity contribution in [2.24, 2.45) is 0 Å². The van der Waals surface area contributed by atoms with E-state index in [1.807, 2.05) is 29.2 Å². The Morgan fingerprint density at radius 2 is 1.74 bits per heavy atom. The Morgan fingerprint density at radius 1 is 1.06 bits per heavy atom. The van der Waals surface area contributed by atoms with Crippen LogP contribution in [-0.4, -0.2) is 59.2 Å². The molecule has 7 nitrogen and oxygen atoms in total. The maximum absolute atomic E-state index is 14.0. The zero-order valence-corrected chi connectivity index (χ0v) is 17.2. The number of fused-ring (bicyclic) bond motifs is 1. The predicted octanol–water partition coefficient (Wildman–Crippen LogP) is 3.40. The molecule has 162 valence electrons. The van der Waals surface area contributed by atoms with E-state index in [2.05, 4.69) is 10.3 Å². The van der Waals surface area contributed by atoms with Crippen molar-refractivity contribution in [2.75, 3.05) is 31.1 Å². The molecule has 1 aromatic heterocycles. The second kappa shape index (κ2) is 8.67. The Bertz CT molecular complexity index is 1090. The van der Waals surface area contributed by atoms with E-state index >= 15 is 0 Å². The van der Waals surface area contributed by atoms with Gasteiger partial charge < -0.3 is 25.2 Å². The number of halogens is 1. The number of piperazine rings is 1. The molecule has 4 rings (SSSR count). The number of hydrogen-bond acceptors (Lipinski definition) is 3. The summed E-state index contributed by atoms with van der Waals surface area (Å²) in [4.78, 5) is 31.4. The van der Waals surface area contributed by atoms with E-state index in [1.165, 1.54) is 6.07 Å². The molecule has 2 atom stereocenters. The van der Waals surface area contributed by atoms with Crippen LogP contribution in [0.4, 0.5) is 14.9 Å². The van der Waals surface area contributed by atoms with E-state index in [9.17, 15) is 19.1 Å². The molecule has 1 aliphatic rings. The molecule has 0 unspecified atom stereocenters. The van der Waals surface area contributed by atoms with Gasteiger partial charge in [0.2, 0.25) is 0 Å². The van der Waals surface area contributed by atoms with E-state index < -0.39 is 24.0 Å². The number of H-pyrrole nitrogens is 1. The molecule has 1 fully saturated rings. The van der Waals surface area contributed by atoms with Crippen molar-refractivity contribution in [3.8, 4) is 0 Å². The number of amides is 2. The predicted molar refractivity (Wildman–Crippen MR) is 117 cm³/mol. The lowest BCUT2D eigenvalue weighted by Crippen LogP contribution is -2.55. The fraction of sp³-hybridized carbons (Fsp3) is 0.304. The smallest absolute Gasteiger partial charge is 0.326 e. The molecular formula is C23H25FN4O3. The Balaban J connectivity index is 1.42. The molecule has 0 radical (unpaired) electrons. The van der Waals surface area contributed by atoms with Crippen LogP contribution >= 0.6 is 0 Å². The average Bonchev–Trinajstić information content (AvgIpc) is 3.21. The average molecular weight is 424 g/mol. The quantitative estimate of drug-likeness (QED) is 0.586. The van der Waals surface area contributed by atoms with E-state index in [-0.39, 0.29) is 5.82 Å². The summed E-state index contributed by atoms with van der Waals surface area (Å²) in [5.41, 5.74) is 2.27. The SMILES string of the molecule is C[C@@H](c1c[nH]c2ccccc12)[C@@H](NC(=O)N1CCN(c2ccccc2F)CC1)C(=O)O. The number of carboxylic acids is 1. The van der Waals surface area contributed by atoms with Crippen molar-refractivity contribution < 1.29 is 19.1 Å². The third-order valence-electron chi connectivity index (χ3n) is 5.92. The number of aromatic amines is 1. The van der Waals surface area contributed by atoms with Crippen molar-refractivity contribution in [3.63, 3.8) is 0 Å². The Hall–Kier alpha value is -3.55. The number of carbonyl (C=O) groups excluding carboxylic acids is 1. The Kier molecular flexibility index (Phi) is 5.79. The minimum atomic E-state index is -1.09. The molecule has 1 saturated heterocycles. The number of aliphatic carboxylic acids is 1. The van der Waals surface area contributed by atoms with Crippen LogP contribution < -0.4 is 10.2 Å². The second-order valence-corrected chi connectivity index (χ2v) is 7.77. The van der Waals surface area contributed by atoms with Crippen LogP contribution in [0.1, 0.15) is 18.4 Å². The molecule has 2 aromatic carbocycles. The highest BCUT2D eigenvalue weighted by Crippen LogP contribution is 2.28. The molecule has 0 saturated carbocycles. The van der Waals surface area contributed by atoms with Crippen molar-refractivity contribution in [2.45, 2.75) is 18.9 Å². The first-order valence-corrected chi connectivity index (χ1v) is 10.3. The van der Waals surface area contributed by atoms with E-state index in [1.54, 1.807) is 36.2 Å². The lowest BCUT2D eigenvalue weighted by atomic mass is 9.93. The molecule has 31 heavy (non-hydrogen) atoms. The van der Waals surface area contributed by atoms with Gasteiger partial charge in [0.1, 0.15) is 11.9 Å². The van der Waals surface area contributed by atoms with Gasteiger partial charge in [0.25, 0.3) is 0 Å². The van der Waals surface area contributed by atoms with Gasteiger partial charge in [-0.1, -0.05) is 37.3 Å². The topological polar surface area (TPSA) is 88.7 Å². The van der Waals surface area contributed by atoms with Gasteiger partial charge >= 0.3 is 12.0 Å². The summed E-state index contributed by atoms with van der Waals surface area (Å²) in [6.45, 7) is 3.51. The number of urea groups is 1. The van der Waals surface area contributed by atoms with Gasteiger partial charge in [-0.05, 0) is 23.8 Å². The standard InChI is InChI=1S/C23H25FN4O3/c1-15(17-14-25-19-8-4-2-6-16(17)19)21(22(29)30)26-23(31)28-12-10-27(11-13-28)20-9-5-3-7-18(20)24/h2-9,14-15,21,25H,10-13H2,1H3,(H,26,31)(H,29,30)/t15-,21+/m0/s1. The van der Waals surface area contributed by atoms with Gasteiger partial charge in [-0.2, -0.15) is 0 Å². The molecule has 2 amide bonds. The van der Waals surface area contributed by atoms with Crippen molar-refractivity contribution >= 4 is 28.6 Å². The third kappa shape index (κ3) is 4.19. The number of rotatable bonds is 5. The molecular weight excluding hydrogens is 399 g/mol. The summed E-state index contributed by atoms with van der Waals surface area (Å²) in [6.07, 6.45) is 1.80. The van der Waals surface area contributed by atoms with Crippen LogP contribution in [0.15, 0.2) is 54.7 Å². The first kappa shape index (κ1) is 20.7. The minimum absolute atomic E-state index is 0.293. The van der Waals surface area contributed by atoms with Crippen LogP contribution in [0.2, 0.25) is 0 Å². The van der Waals surface area contributed by atoms with Gasteiger partial charge in [0.05, 0.1) is 5.69 Å². The van der Waals surface area contributed by atoms with Gasteiger partial charge in [0, 0.05) is 49.2 Å². The van der Waals surface area contributed by atoms with Crippen molar-refractivity contribution in [1.82, 2.24) is 15.2 Å². The number of anilines is 1. The summed E-state index contributed by atoms with van der Waals surface area (Å²) in [7, 11) is 0. The maximum Gasteiger partial charge on any atom is 0.326 e. The maximum atomic E-state index is 14.0. The number of hydrogen-bond donors (Lipinski definition) is 3. The first-order chi connectivity index (χ1) is 15.0. The molecule has 3 aromatic rings. The normalized spacial score (nSPS) is 16.2. The first-order valence-electron chi connectivity index (χ1n) is 10.3. The van der Waals surface area contributed by atoms with Crippen LogP contribution in [0.5, 0.6) is 0 Å². The molecule has 3 N–H and O–H groups in total. The largest absolute Gasteiger partial charge is 0.480 e. The molecule has 2 heterocycles. The number of nitrogens with zero attached hydrogens (tertiary/aromatic N) is 2. The molecule has 8 heteroatoms. The summed E-state index contributed by atoms with van der Waals surface area (Å²) in [5, 5.41) is 13.4. The van der Waals surface area contributed by atoms with Crippen molar-refractivity contribution in [1.29, 1.82) is 0 Å². The highest BCUT2D eigenvalue weighted by atomic mass is 19.1. The zero-order chi connectivity index (χ0) is 22.0. The zero-order valence-electron chi connectivity index (χ0n) is 17.2. The number of carboxylic acid groups (broad SMARTS) is 1. The van der Waals surface area contributed by atoms with E-state index in [0.29, 0.717) is 31.9 Å². The second-order valence-electron chi connectivity index (χ2n) is 7.77. The number of nitrogens with one attached hydrogen (secondary N) is 2. The summed E-state index contributed by atoms with van der Waals surface area (Å²) in [6, 6.07) is 12.7. The molecule has 0 bridgehead atoms. The fourth-order valence-electron chi connectivity index (χ4n) is 4.13. The molecule has 0 spiro atoms. The minimum Gasteiger partial charge on any atom is -0.480 e. The lowest BCUT2D eigenvalue weighted by Gasteiger charge is -2.37. The fourth-order valence-corrected chi connectivity index (χ4v) is 4.13. The van der Waals surface area contributed by atoms with Gasteiger partial charge in [-0.25, -0.2) is 14.0 Å². The van der Waals surface area contributed by atoms with Gasteiger partial charge in [0.15, 0.2) is 0 Å². The number of para-hydroxylation sites is 2. The summed E-state index contributed by atoms with van der Waals surface area (Å²) < 4.78 is 14.0. The highest BCUT2D eigenvalue weighted by molar-refractivity contribution is 5.87. The van der Waals surface area contributed by atoms with Crippen molar-refractivity contribution in [3.05, 3.63) is 66.1 Å². The lowest BCUT2D eigenvalue weighted by molar-refractivity contribution is -0.139. The monoisotopic (exact) mass is 424 g/mol. The van der Waals surface area contributed by atoms with Crippen LogP contribution in [0, 0.1) is 5.82 Å².